The molecule has 4 rings (SSSR count). The van der Waals surface area contributed by atoms with Crippen LogP contribution in [0.3, 0.4) is 0 Å². The lowest BCUT2D eigenvalue weighted by Crippen LogP contribution is -2.52. The third-order valence-electron chi connectivity index (χ3n) is 5.98. The highest BCUT2D eigenvalue weighted by molar-refractivity contribution is 5.97. The average molecular weight is 432 g/mol. The van der Waals surface area contributed by atoms with Crippen molar-refractivity contribution in [3.8, 4) is 11.8 Å². The third kappa shape index (κ3) is 4.46. The minimum Gasteiger partial charge on any atom is -0.486 e. The minimum absolute atomic E-state index is 0.0378. The third-order valence-corrected chi connectivity index (χ3v) is 5.98. The number of nitrogens with zero attached hydrogens (tertiary/aromatic N) is 5. The monoisotopic (exact) mass is 431 g/mol. The Kier molecular flexibility index (Phi) is 6.42. The Morgan fingerprint density at radius 1 is 1.16 bits per heavy atom. The molecule has 166 valence electrons. The summed E-state index contributed by atoms with van der Waals surface area (Å²) in [4.78, 5) is 21.9. The summed E-state index contributed by atoms with van der Waals surface area (Å²) in [5.41, 5.74) is 3.38. The van der Waals surface area contributed by atoms with Gasteiger partial charge in [0.2, 0.25) is 0 Å². The van der Waals surface area contributed by atoms with Crippen molar-refractivity contribution in [2.45, 2.75) is 33.4 Å². The Bertz CT molecular complexity index is 1140. The summed E-state index contributed by atoms with van der Waals surface area (Å²) >= 11 is 0. The van der Waals surface area contributed by atoms with E-state index in [4.69, 9.17) is 4.74 Å². The van der Waals surface area contributed by atoms with E-state index in [1.54, 1.807) is 0 Å². The minimum atomic E-state index is -0.114. The number of aromatic nitrogens is 2. The van der Waals surface area contributed by atoms with Gasteiger partial charge in [-0.2, -0.15) is 5.26 Å². The zero-order valence-electron chi connectivity index (χ0n) is 18.9. The number of carbonyl (C=O) groups is 1. The smallest absolute Gasteiger partial charge is 0.257 e. The molecule has 1 fully saturated rings. The molecule has 2 aromatic heterocycles. The van der Waals surface area contributed by atoms with E-state index in [9.17, 15) is 10.1 Å². The van der Waals surface area contributed by atoms with E-state index >= 15 is 0 Å². The van der Waals surface area contributed by atoms with Crippen molar-refractivity contribution in [3.63, 3.8) is 0 Å². The highest BCUT2D eigenvalue weighted by atomic mass is 16.5. The molecule has 0 aliphatic carbocycles. The summed E-state index contributed by atoms with van der Waals surface area (Å²) in [7, 11) is 0. The van der Waals surface area contributed by atoms with E-state index in [0.717, 1.165) is 16.9 Å². The number of hydrogen-bond acceptors (Lipinski definition) is 5. The standard InChI is InChI=1S/C25H29N5O2/c1-18(2)22(15-26)28-11-13-29(14-12-28)25(31)21-8-4-5-9-23(21)32-17-20-16-30-10-6-7-19(3)24(30)27-20/h4-10,16,18,22H,11-14,17H2,1-3H3. The second-order valence-corrected chi connectivity index (χ2v) is 8.59. The maximum absolute atomic E-state index is 13.2. The fraction of sp³-hybridized carbons (Fsp3) is 0.400. The number of benzene rings is 1. The number of hydrogen-bond donors (Lipinski definition) is 0. The molecule has 1 aliphatic rings. The summed E-state index contributed by atoms with van der Waals surface area (Å²) in [5.74, 6) is 0.787. The van der Waals surface area contributed by atoms with Gasteiger partial charge in [0.15, 0.2) is 0 Å². The van der Waals surface area contributed by atoms with Crippen LogP contribution in [0.1, 0.15) is 35.5 Å². The quantitative estimate of drug-likeness (QED) is 0.597. The fourth-order valence-electron chi connectivity index (χ4n) is 4.22. The SMILES string of the molecule is Cc1cccn2cc(COc3ccccc3C(=O)N3CCN(C(C#N)C(C)C)CC3)nc12. The Hall–Kier alpha value is -3.37. The van der Waals surface area contributed by atoms with Crippen LogP contribution in [-0.4, -0.2) is 57.3 Å². The van der Waals surface area contributed by atoms with Crippen LogP contribution in [0.2, 0.25) is 0 Å². The molecule has 1 unspecified atom stereocenters. The van der Waals surface area contributed by atoms with E-state index in [0.29, 0.717) is 37.5 Å². The number of imidazole rings is 1. The average Bonchev–Trinajstić information content (AvgIpc) is 3.23. The number of aryl methyl sites for hydroxylation is 1. The summed E-state index contributed by atoms with van der Waals surface area (Å²) < 4.78 is 8.02. The molecule has 1 saturated heterocycles. The molecule has 1 aliphatic heterocycles. The van der Waals surface area contributed by atoms with Crippen LogP contribution in [-0.2, 0) is 6.61 Å². The van der Waals surface area contributed by atoms with Crippen LogP contribution in [0.15, 0.2) is 48.8 Å². The summed E-state index contributed by atoms with van der Waals surface area (Å²) in [6.45, 7) is 9.04. The lowest BCUT2D eigenvalue weighted by molar-refractivity contribution is 0.0572. The molecule has 0 N–H and O–H groups in total. The largest absolute Gasteiger partial charge is 0.486 e. The molecule has 32 heavy (non-hydrogen) atoms. The number of piperazine rings is 1. The van der Waals surface area contributed by atoms with E-state index in [1.807, 2.05) is 65.0 Å². The first-order valence-electron chi connectivity index (χ1n) is 11.1. The van der Waals surface area contributed by atoms with Crippen LogP contribution in [0.4, 0.5) is 0 Å². The van der Waals surface area contributed by atoms with Gasteiger partial charge in [0.1, 0.15) is 24.0 Å². The summed E-state index contributed by atoms with van der Waals surface area (Å²) in [6.07, 6.45) is 3.92. The Morgan fingerprint density at radius 3 is 2.59 bits per heavy atom. The van der Waals surface area contributed by atoms with Gasteiger partial charge in [0, 0.05) is 38.6 Å². The molecular weight excluding hydrogens is 402 g/mol. The van der Waals surface area contributed by atoms with Crippen molar-refractivity contribution in [2.24, 2.45) is 5.92 Å². The van der Waals surface area contributed by atoms with Crippen LogP contribution in [0.25, 0.3) is 5.65 Å². The molecular formula is C25H29N5O2. The number of para-hydroxylation sites is 1. The zero-order chi connectivity index (χ0) is 22.7. The predicted octanol–water partition coefficient (Wildman–Crippen LogP) is 3.53. The first-order chi connectivity index (χ1) is 15.5. The van der Waals surface area contributed by atoms with Gasteiger partial charge >= 0.3 is 0 Å². The lowest BCUT2D eigenvalue weighted by atomic mass is 10.0. The Balaban J connectivity index is 1.43. The number of nitriles is 1. The number of fused-ring (bicyclic) bond motifs is 1. The van der Waals surface area contributed by atoms with E-state index in [1.165, 1.54) is 0 Å². The van der Waals surface area contributed by atoms with Gasteiger partial charge in [0.25, 0.3) is 5.91 Å². The zero-order valence-corrected chi connectivity index (χ0v) is 18.9. The molecule has 0 spiro atoms. The summed E-state index contributed by atoms with van der Waals surface area (Å²) in [5, 5.41) is 9.46. The van der Waals surface area contributed by atoms with Crippen molar-refractivity contribution >= 4 is 11.6 Å². The molecule has 0 bridgehead atoms. The van der Waals surface area contributed by atoms with Crippen LogP contribution >= 0.6 is 0 Å². The highest BCUT2D eigenvalue weighted by Crippen LogP contribution is 2.23. The van der Waals surface area contributed by atoms with E-state index in [-0.39, 0.29) is 24.5 Å². The molecule has 1 aromatic carbocycles. The summed E-state index contributed by atoms with van der Waals surface area (Å²) in [6, 6.07) is 13.7. The Morgan fingerprint density at radius 2 is 1.91 bits per heavy atom. The highest BCUT2D eigenvalue weighted by Gasteiger charge is 2.29. The number of rotatable bonds is 6. The second kappa shape index (κ2) is 9.41. The molecule has 1 atom stereocenters. The molecule has 7 nitrogen and oxygen atoms in total. The Labute approximate surface area is 188 Å². The van der Waals surface area contributed by atoms with Crippen LogP contribution < -0.4 is 4.74 Å². The van der Waals surface area contributed by atoms with E-state index < -0.39 is 0 Å². The normalized spacial score (nSPS) is 15.7. The maximum Gasteiger partial charge on any atom is 0.257 e. The van der Waals surface area contributed by atoms with E-state index in [2.05, 4.69) is 29.8 Å². The van der Waals surface area contributed by atoms with Gasteiger partial charge in [-0.15, -0.1) is 0 Å². The van der Waals surface area contributed by atoms with Crippen molar-refractivity contribution < 1.29 is 9.53 Å². The van der Waals surface area contributed by atoms with Crippen molar-refractivity contribution in [1.82, 2.24) is 19.2 Å². The first kappa shape index (κ1) is 21.8. The van der Waals surface area contributed by atoms with Gasteiger partial charge in [-0.1, -0.05) is 32.0 Å². The van der Waals surface area contributed by atoms with Gasteiger partial charge in [-0.05, 0) is 36.6 Å². The van der Waals surface area contributed by atoms with Crippen LogP contribution in [0.5, 0.6) is 5.75 Å². The number of ether oxygens (including phenoxy) is 1. The molecule has 3 aromatic rings. The van der Waals surface area contributed by atoms with Gasteiger partial charge in [0.05, 0.1) is 17.3 Å². The fourth-order valence-corrected chi connectivity index (χ4v) is 4.22. The van der Waals surface area contributed by atoms with Crippen molar-refractivity contribution in [2.75, 3.05) is 26.2 Å². The van der Waals surface area contributed by atoms with Crippen molar-refractivity contribution in [1.29, 1.82) is 5.26 Å². The topological polar surface area (TPSA) is 73.9 Å². The van der Waals surface area contributed by atoms with Gasteiger partial charge < -0.3 is 14.0 Å². The second-order valence-electron chi connectivity index (χ2n) is 8.59. The maximum atomic E-state index is 13.2. The first-order valence-corrected chi connectivity index (χ1v) is 11.1. The van der Waals surface area contributed by atoms with Crippen LogP contribution in [0, 0.1) is 24.2 Å². The molecule has 3 heterocycles. The molecule has 1 amide bonds. The van der Waals surface area contributed by atoms with Crippen molar-refractivity contribution in [3.05, 3.63) is 65.6 Å². The van der Waals surface area contributed by atoms with Gasteiger partial charge in [-0.25, -0.2) is 4.98 Å². The number of pyridine rings is 1. The number of amides is 1. The van der Waals surface area contributed by atoms with Gasteiger partial charge in [-0.3, -0.25) is 9.69 Å². The molecule has 0 radical (unpaired) electrons. The lowest BCUT2D eigenvalue weighted by Gasteiger charge is -2.38. The molecule has 0 saturated carbocycles. The number of carbonyl (C=O) groups excluding carboxylic acids is 1. The molecule has 7 heteroatoms. The predicted molar refractivity (Wildman–Crippen MR) is 122 cm³/mol.